The van der Waals surface area contributed by atoms with Crippen LogP contribution in [0.2, 0.25) is 0 Å². The van der Waals surface area contributed by atoms with Crippen LogP contribution in [-0.2, 0) is 29.1 Å². The molecule has 0 unspecified atom stereocenters. The molecule has 170 valence electrons. The van der Waals surface area contributed by atoms with E-state index in [0.29, 0.717) is 13.1 Å². The summed E-state index contributed by atoms with van der Waals surface area (Å²) in [5.74, 6) is -0.330. The molecule has 5 nitrogen and oxygen atoms in total. The van der Waals surface area contributed by atoms with Gasteiger partial charge in [-0.3, -0.25) is 14.6 Å². The third-order valence-electron chi connectivity index (χ3n) is 5.61. The summed E-state index contributed by atoms with van der Waals surface area (Å²) in [6.45, 7) is 0.686. The monoisotopic (exact) mass is 449 g/mol. The van der Waals surface area contributed by atoms with Gasteiger partial charge in [0.2, 0.25) is 11.8 Å². The predicted octanol–water partition coefficient (Wildman–Crippen LogP) is 4.71. The summed E-state index contributed by atoms with van der Waals surface area (Å²) >= 11 is 0. The van der Waals surface area contributed by atoms with Crippen LogP contribution in [-0.4, -0.2) is 21.7 Å². The van der Waals surface area contributed by atoms with Crippen molar-refractivity contribution in [2.75, 3.05) is 0 Å². The zero-order valence-corrected chi connectivity index (χ0v) is 18.9. The number of carbonyl (C=O) groups excluding carboxylic acids is 2. The molecule has 0 radical (unpaired) electrons. The highest BCUT2D eigenvalue weighted by atomic mass is 16.2. The second-order valence-electron chi connectivity index (χ2n) is 8.06. The molecule has 0 spiro atoms. The Morgan fingerprint density at radius 2 is 1.26 bits per heavy atom. The van der Waals surface area contributed by atoms with Crippen molar-refractivity contribution in [1.29, 1.82) is 0 Å². The predicted molar refractivity (Wildman–Crippen MR) is 132 cm³/mol. The average molecular weight is 450 g/mol. The van der Waals surface area contributed by atoms with Gasteiger partial charge in [0.1, 0.15) is 6.04 Å². The Bertz CT molecular complexity index is 1180. The Morgan fingerprint density at radius 1 is 0.706 bits per heavy atom. The lowest BCUT2D eigenvalue weighted by atomic mass is 10.0. The van der Waals surface area contributed by atoms with Crippen LogP contribution in [0.1, 0.15) is 28.3 Å². The molecule has 0 aliphatic heterocycles. The molecule has 34 heavy (non-hydrogen) atoms. The van der Waals surface area contributed by atoms with Crippen molar-refractivity contribution in [1.82, 2.24) is 15.2 Å². The number of hydrogen-bond donors (Lipinski definition) is 1. The Balaban J connectivity index is 1.66. The van der Waals surface area contributed by atoms with E-state index in [4.69, 9.17) is 0 Å². The molecule has 5 heteroatoms. The van der Waals surface area contributed by atoms with Gasteiger partial charge < -0.3 is 10.2 Å². The number of nitrogens with zero attached hydrogens (tertiary/aromatic N) is 2. The number of pyridine rings is 1. The van der Waals surface area contributed by atoms with Crippen LogP contribution >= 0.6 is 0 Å². The van der Waals surface area contributed by atoms with Crippen LogP contribution in [0.4, 0.5) is 0 Å². The molecular formula is C29H27N3O2. The van der Waals surface area contributed by atoms with Crippen molar-refractivity contribution < 1.29 is 9.59 Å². The lowest BCUT2D eigenvalue weighted by Crippen LogP contribution is -2.43. The van der Waals surface area contributed by atoms with E-state index < -0.39 is 6.04 Å². The smallest absolute Gasteiger partial charge is 0.247 e. The van der Waals surface area contributed by atoms with Gasteiger partial charge in [-0.15, -0.1) is 0 Å². The summed E-state index contributed by atoms with van der Waals surface area (Å²) in [6, 6.07) is 31.8. The first-order chi connectivity index (χ1) is 16.7. The minimum Gasteiger partial charge on any atom is -0.350 e. The van der Waals surface area contributed by atoms with E-state index in [1.54, 1.807) is 17.3 Å². The second kappa shape index (κ2) is 11.6. The number of hydrogen-bond acceptors (Lipinski definition) is 3. The molecule has 0 fully saturated rings. The molecule has 3 aromatic carbocycles. The minimum absolute atomic E-state index is 0.108. The number of aromatic nitrogens is 1. The summed E-state index contributed by atoms with van der Waals surface area (Å²) < 4.78 is 0. The van der Waals surface area contributed by atoms with Gasteiger partial charge in [-0.2, -0.15) is 0 Å². The van der Waals surface area contributed by atoms with Crippen molar-refractivity contribution in [2.45, 2.75) is 25.6 Å². The van der Waals surface area contributed by atoms with Crippen molar-refractivity contribution in [3.8, 4) is 0 Å². The van der Waals surface area contributed by atoms with E-state index in [9.17, 15) is 9.59 Å². The number of rotatable bonds is 9. The number of carbonyl (C=O) groups is 2. The van der Waals surface area contributed by atoms with Crippen LogP contribution in [0.3, 0.4) is 0 Å². The van der Waals surface area contributed by atoms with E-state index in [1.807, 2.05) is 103 Å². The molecule has 1 aromatic heterocycles. The topological polar surface area (TPSA) is 62.3 Å². The van der Waals surface area contributed by atoms with Gasteiger partial charge in [0.25, 0.3) is 0 Å². The standard InChI is InChI=1S/C29H27N3O2/c33-27(20-23-10-4-1-5-11-23)32(22-25-12-6-2-7-13-25)28(26-14-8-3-9-15-26)29(34)31-21-24-16-18-30-19-17-24/h1-19,28H,20-22H2,(H,31,34)/t28-/m1/s1. The highest BCUT2D eigenvalue weighted by molar-refractivity contribution is 5.89. The van der Waals surface area contributed by atoms with Gasteiger partial charge in [-0.1, -0.05) is 91.0 Å². The van der Waals surface area contributed by atoms with E-state index in [0.717, 1.165) is 22.3 Å². The van der Waals surface area contributed by atoms with E-state index in [-0.39, 0.29) is 18.2 Å². The highest BCUT2D eigenvalue weighted by Crippen LogP contribution is 2.25. The Labute approximate surface area is 200 Å². The summed E-state index contributed by atoms with van der Waals surface area (Å²) in [4.78, 5) is 32.9. The Kier molecular flexibility index (Phi) is 7.80. The Morgan fingerprint density at radius 3 is 1.88 bits per heavy atom. The van der Waals surface area contributed by atoms with Gasteiger partial charge in [-0.25, -0.2) is 0 Å². The van der Waals surface area contributed by atoms with Crippen molar-refractivity contribution in [3.05, 3.63) is 138 Å². The largest absolute Gasteiger partial charge is 0.350 e. The fourth-order valence-corrected chi connectivity index (χ4v) is 3.87. The summed E-state index contributed by atoms with van der Waals surface area (Å²) in [5, 5.41) is 3.02. The van der Waals surface area contributed by atoms with E-state index in [2.05, 4.69) is 10.3 Å². The maximum atomic E-state index is 13.6. The van der Waals surface area contributed by atoms with E-state index in [1.165, 1.54) is 0 Å². The maximum Gasteiger partial charge on any atom is 0.247 e. The van der Waals surface area contributed by atoms with Gasteiger partial charge in [0.15, 0.2) is 0 Å². The molecule has 0 aliphatic carbocycles. The first-order valence-corrected chi connectivity index (χ1v) is 11.3. The van der Waals surface area contributed by atoms with Gasteiger partial charge in [-0.05, 0) is 34.4 Å². The molecule has 1 N–H and O–H groups in total. The molecule has 0 bridgehead atoms. The highest BCUT2D eigenvalue weighted by Gasteiger charge is 2.31. The van der Waals surface area contributed by atoms with Crippen LogP contribution in [0.15, 0.2) is 116 Å². The fourth-order valence-electron chi connectivity index (χ4n) is 3.87. The quantitative estimate of drug-likeness (QED) is 0.403. The second-order valence-corrected chi connectivity index (χ2v) is 8.06. The molecule has 0 aliphatic rings. The van der Waals surface area contributed by atoms with Gasteiger partial charge in [0.05, 0.1) is 6.42 Å². The van der Waals surface area contributed by atoms with Crippen LogP contribution < -0.4 is 5.32 Å². The lowest BCUT2D eigenvalue weighted by Gasteiger charge is -2.32. The Hall–Kier alpha value is -4.25. The van der Waals surface area contributed by atoms with E-state index >= 15 is 0 Å². The third kappa shape index (κ3) is 6.17. The maximum absolute atomic E-state index is 13.6. The molecule has 1 heterocycles. The summed E-state index contributed by atoms with van der Waals surface area (Å²) in [5.41, 5.74) is 3.59. The van der Waals surface area contributed by atoms with Crippen LogP contribution in [0, 0.1) is 0 Å². The van der Waals surface area contributed by atoms with Gasteiger partial charge >= 0.3 is 0 Å². The minimum atomic E-state index is -0.764. The van der Waals surface area contributed by atoms with Crippen molar-refractivity contribution in [3.63, 3.8) is 0 Å². The van der Waals surface area contributed by atoms with Crippen molar-refractivity contribution >= 4 is 11.8 Å². The molecule has 1 atom stereocenters. The summed E-state index contributed by atoms with van der Waals surface area (Å²) in [6.07, 6.45) is 3.61. The first kappa shape index (κ1) is 22.9. The molecule has 4 aromatic rings. The van der Waals surface area contributed by atoms with Crippen LogP contribution in [0.25, 0.3) is 0 Å². The zero-order chi connectivity index (χ0) is 23.6. The SMILES string of the molecule is O=C(NCc1ccncc1)[C@@H](c1ccccc1)N(Cc1ccccc1)C(=O)Cc1ccccc1. The zero-order valence-electron chi connectivity index (χ0n) is 18.9. The summed E-state index contributed by atoms with van der Waals surface area (Å²) in [7, 11) is 0. The number of amides is 2. The number of nitrogens with one attached hydrogen (secondary N) is 1. The van der Waals surface area contributed by atoms with Crippen LogP contribution in [0.5, 0.6) is 0 Å². The molecular weight excluding hydrogens is 422 g/mol. The lowest BCUT2D eigenvalue weighted by molar-refractivity contribution is -0.141. The third-order valence-corrected chi connectivity index (χ3v) is 5.61. The molecule has 0 saturated heterocycles. The molecule has 4 rings (SSSR count). The number of benzene rings is 3. The van der Waals surface area contributed by atoms with Gasteiger partial charge in [0, 0.05) is 25.5 Å². The average Bonchev–Trinajstić information content (AvgIpc) is 2.89. The first-order valence-electron chi connectivity index (χ1n) is 11.3. The normalized spacial score (nSPS) is 11.4. The molecule has 2 amide bonds. The molecule has 0 saturated carbocycles. The fraction of sp³-hybridized carbons (Fsp3) is 0.138. The van der Waals surface area contributed by atoms with Crippen molar-refractivity contribution in [2.24, 2.45) is 0 Å².